The van der Waals surface area contributed by atoms with Crippen molar-refractivity contribution in [1.82, 2.24) is 10.6 Å². The zero-order valence-electron chi connectivity index (χ0n) is 11.4. The lowest BCUT2D eigenvalue weighted by Crippen LogP contribution is -2.57. The predicted molar refractivity (Wildman–Crippen MR) is 71.9 cm³/mol. The lowest BCUT2D eigenvalue weighted by atomic mass is 10.2. The van der Waals surface area contributed by atoms with Crippen molar-refractivity contribution in [2.75, 3.05) is 5.75 Å². The third kappa shape index (κ3) is 7.68. The fourth-order valence-electron chi connectivity index (χ4n) is 1.14. The Kier molecular flexibility index (Phi) is 6.85. The summed E-state index contributed by atoms with van der Waals surface area (Å²) in [5.74, 6) is -2.44. The van der Waals surface area contributed by atoms with Gasteiger partial charge in [-0.3, -0.25) is 14.9 Å². The van der Waals surface area contributed by atoms with E-state index in [1.165, 1.54) is 6.92 Å². The van der Waals surface area contributed by atoms with Gasteiger partial charge in [-0.2, -0.15) is 12.6 Å². The standard InChI is InChI=1S/C11H20N2O5S/c1-6(14)12-8(10(17)18-11(2,3)4)13-7(5-19)9(15)16/h7-8,13,19H,5H2,1-4H3,(H,12,14)(H,15,16)/t7-,8?/m0/s1. The number of rotatable bonds is 6. The van der Waals surface area contributed by atoms with E-state index in [9.17, 15) is 14.4 Å². The minimum absolute atomic E-state index is 0.0335. The van der Waals surface area contributed by atoms with E-state index in [1.54, 1.807) is 20.8 Å². The van der Waals surface area contributed by atoms with E-state index in [0.717, 1.165) is 0 Å². The average Bonchev–Trinajstić information content (AvgIpc) is 2.20. The second-order valence-electron chi connectivity index (χ2n) is 4.91. The van der Waals surface area contributed by atoms with Crippen molar-refractivity contribution < 1.29 is 24.2 Å². The summed E-state index contributed by atoms with van der Waals surface area (Å²) >= 11 is 3.87. The maximum Gasteiger partial charge on any atom is 0.344 e. The van der Waals surface area contributed by atoms with Gasteiger partial charge in [-0.05, 0) is 20.8 Å². The summed E-state index contributed by atoms with van der Waals surface area (Å²) in [6.07, 6.45) is -1.23. The minimum Gasteiger partial charge on any atom is -0.480 e. The van der Waals surface area contributed by atoms with Gasteiger partial charge in [0.2, 0.25) is 5.91 Å². The maximum atomic E-state index is 11.9. The van der Waals surface area contributed by atoms with Gasteiger partial charge in [0.15, 0.2) is 6.17 Å². The third-order valence-corrected chi connectivity index (χ3v) is 2.20. The number of thiol groups is 1. The molecule has 0 aromatic carbocycles. The molecular weight excluding hydrogens is 272 g/mol. The number of amides is 1. The van der Waals surface area contributed by atoms with Gasteiger partial charge < -0.3 is 15.2 Å². The highest BCUT2D eigenvalue weighted by Gasteiger charge is 2.29. The normalized spacial score (nSPS) is 14.4. The summed E-state index contributed by atoms with van der Waals surface area (Å²) in [5.41, 5.74) is -0.741. The summed E-state index contributed by atoms with van der Waals surface area (Å²) < 4.78 is 5.09. The fraction of sp³-hybridized carbons (Fsp3) is 0.727. The molecule has 0 bridgehead atoms. The van der Waals surface area contributed by atoms with Crippen LogP contribution in [0.3, 0.4) is 0 Å². The van der Waals surface area contributed by atoms with Crippen molar-refractivity contribution in [3.63, 3.8) is 0 Å². The van der Waals surface area contributed by atoms with Crippen LogP contribution in [0.2, 0.25) is 0 Å². The van der Waals surface area contributed by atoms with Crippen LogP contribution in [0.4, 0.5) is 0 Å². The lowest BCUT2D eigenvalue weighted by Gasteiger charge is -2.26. The predicted octanol–water partition coefficient (Wildman–Crippen LogP) is -0.237. The Hall–Kier alpha value is -1.28. The van der Waals surface area contributed by atoms with Gasteiger partial charge >= 0.3 is 11.9 Å². The number of carbonyl (C=O) groups excluding carboxylic acids is 2. The lowest BCUT2D eigenvalue weighted by molar-refractivity contribution is -0.160. The smallest absolute Gasteiger partial charge is 0.344 e. The summed E-state index contributed by atoms with van der Waals surface area (Å²) in [5, 5.41) is 13.7. The molecule has 0 spiro atoms. The number of aliphatic carboxylic acids is 1. The Balaban J connectivity index is 4.85. The Bertz CT molecular complexity index is 353. The molecule has 0 aliphatic rings. The fourth-order valence-corrected chi connectivity index (χ4v) is 1.40. The second kappa shape index (κ2) is 7.34. The van der Waals surface area contributed by atoms with Gasteiger partial charge in [0.05, 0.1) is 0 Å². The van der Waals surface area contributed by atoms with Crippen molar-refractivity contribution in [1.29, 1.82) is 0 Å². The summed E-state index contributed by atoms with van der Waals surface area (Å²) in [6.45, 7) is 6.23. The SMILES string of the molecule is CC(=O)NC(N[C@@H](CS)C(=O)O)C(=O)OC(C)(C)C. The van der Waals surface area contributed by atoms with Crippen LogP contribution >= 0.6 is 12.6 Å². The monoisotopic (exact) mass is 292 g/mol. The molecule has 7 nitrogen and oxygen atoms in total. The van der Waals surface area contributed by atoms with Crippen molar-refractivity contribution in [2.24, 2.45) is 0 Å². The number of carboxylic acid groups (broad SMARTS) is 1. The Morgan fingerprint density at radius 2 is 1.84 bits per heavy atom. The van der Waals surface area contributed by atoms with Crippen LogP contribution in [0.1, 0.15) is 27.7 Å². The summed E-state index contributed by atoms with van der Waals surface area (Å²) in [6, 6.07) is -1.08. The van der Waals surface area contributed by atoms with Gasteiger partial charge in [0, 0.05) is 12.7 Å². The highest BCUT2D eigenvalue weighted by atomic mass is 32.1. The van der Waals surface area contributed by atoms with E-state index >= 15 is 0 Å². The molecule has 0 heterocycles. The van der Waals surface area contributed by atoms with Crippen LogP contribution in [-0.2, 0) is 19.1 Å². The molecule has 0 aliphatic carbocycles. The molecule has 0 radical (unpaired) electrons. The first-order valence-electron chi connectivity index (χ1n) is 5.66. The minimum atomic E-state index is -1.23. The molecule has 0 rings (SSSR count). The molecule has 8 heteroatoms. The van der Waals surface area contributed by atoms with Crippen molar-refractivity contribution in [3.05, 3.63) is 0 Å². The van der Waals surface area contributed by atoms with Crippen molar-refractivity contribution >= 4 is 30.5 Å². The van der Waals surface area contributed by atoms with Crippen LogP contribution in [0.5, 0.6) is 0 Å². The number of carboxylic acids is 1. The number of ether oxygens (including phenoxy) is 1. The van der Waals surface area contributed by atoms with E-state index in [4.69, 9.17) is 9.84 Å². The summed E-state index contributed by atoms with van der Waals surface area (Å²) in [4.78, 5) is 33.8. The van der Waals surface area contributed by atoms with E-state index in [1.807, 2.05) is 0 Å². The molecule has 0 saturated carbocycles. The molecule has 3 N–H and O–H groups in total. The van der Waals surface area contributed by atoms with Gasteiger partial charge in [0.1, 0.15) is 11.6 Å². The molecule has 2 atom stereocenters. The van der Waals surface area contributed by atoms with Crippen LogP contribution < -0.4 is 10.6 Å². The molecule has 0 aliphatic heterocycles. The zero-order chi connectivity index (χ0) is 15.2. The summed E-state index contributed by atoms with van der Waals surface area (Å²) in [7, 11) is 0. The molecule has 0 saturated heterocycles. The van der Waals surface area contributed by atoms with Crippen LogP contribution in [-0.4, -0.2) is 46.5 Å². The second-order valence-corrected chi connectivity index (χ2v) is 5.27. The van der Waals surface area contributed by atoms with Gasteiger partial charge in [-0.1, -0.05) is 0 Å². The van der Waals surface area contributed by atoms with Crippen molar-refractivity contribution in [2.45, 2.75) is 45.5 Å². The molecule has 0 aromatic rings. The first-order valence-corrected chi connectivity index (χ1v) is 6.29. The molecule has 0 fully saturated rings. The first kappa shape index (κ1) is 17.7. The number of esters is 1. The third-order valence-electron chi connectivity index (χ3n) is 1.84. The van der Waals surface area contributed by atoms with Gasteiger partial charge in [-0.15, -0.1) is 0 Å². The average molecular weight is 292 g/mol. The molecule has 0 aromatic heterocycles. The quantitative estimate of drug-likeness (QED) is 0.306. The topological polar surface area (TPSA) is 105 Å². The van der Waals surface area contributed by atoms with Crippen molar-refractivity contribution in [3.8, 4) is 0 Å². The molecule has 1 amide bonds. The van der Waals surface area contributed by atoms with Crippen LogP contribution in [0.25, 0.3) is 0 Å². The molecule has 19 heavy (non-hydrogen) atoms. The largest absolute Gasteiger partial charge is 0.480 e. The van der Waals surface area contributed by atoms with E-state index in [0.29, 0.717) is 0 Å². The van der Waals surface area contributed by atoms with Crippen LogP contribution in [0, 0.1) is 0 Å². The molecule has 110 valence electrons. The highest BCUT2D eigenvalue weighted by Crippen LogP contribution is 2.08. The molecule has 1 unspecified atom stereocenters. The van der Waals surface area contributed by atoms with Gasteiger partial charge in [0.25, 0.3) is 0 Å². The first-order chi connectivity index (χ1) is 8.56. The highest BCUT2D eigenvalue weighted by molar-refractivity contribution is 7.80. The number of nitrogens with one attached hydrogen (secondary N) is 2. The van der Waals surface area contributed by atoms with E-state index in [2.05, 4.69) is 23.3 Å². The number of hydrogen-bond acceptors (Lipinski definition) is 6. The zero-order valence-corrected chi connectivity index (χ0v) is 12.3. The van der Waals surface area contributed by atoms with E-state index < -0.39 is 35.7 Å². The Labute approximate surface area is 117 Å². The number of carbonyl (C=O) groups is 3. The Morgan fingerprint density at radius 1 is 1.32 bits per heavy atom. The Morgan fingerprint density at radius 3 is 2.16 bits per heavy atom. The molecular formula is C11H20N2O5S. The number of hydrogen-bond donors (Lipinski definition) is 4. The van der Waals surface area contributed by atoms with E-state index in [-0.39, 0.29) is 5.75 Å². The maximum absolute atomic E-state index is 11.9. The van der Waals surface area contributed by atoms with Crippen LogP contribution in [0.15, 0.2) is 0 Å². The van der Waals surface area contributed by atoms with Gasteiger partial charge in [-0.25, -0.2) is 4.79 Å².